The molecule has 1 heterocycles. The lowest BCUT2D eigenvalue weighted by molar-refractivity contribution is 0.0420. The van der Waals surface area contributed by atoms with Crippen molar-refractivity contribution in [1.82, 2.24) is 9.78 Å². The fourth-order valence-electron chi connectivity index (χ4n) is 2.82. The summed E-state index contributed by atoms with van der Waals surface area (Å²) in [5.74, 6) is -0.436. The van der Waals surface area contributed by atoms with Crippen LogP contribution in [0.2, 0.25) is 0 Å². The lowest BCUT2D eigenvalue weighted by atomic mass is 10.1. The van der Waals surface area contributed by atoms with Crippen LogP contribution in [0.1, 0.15) is 72.7 Å². The molecule has 0 N–H and O–H groups in total. The van der Waals surface area contributed by atoms with E-state index in [1.807, 2.05) is 0 Å². The van der Waals surface area contributed by atoms with Crippen LogP contribution in [0, 0.1) is 0 Å². The van der Waals surface area contributed by atoms with Crippen molar-refractivity contribution >= 4 is 56.7 Å². The van der Waals surface area contributed by atoms with Gasteiger partial charge in [-0.25, -0.2) is 14.4 Å². The number of anilines is 1. The average molecular weight is 554 g/mol. The smallest absolute Gasteiger partial charge is 0.435 e. The average Bonchev–Trinajstić information content (AvgIpc) is 3.02. The van der Waals surface area contributed by atoms with Gasteiger partial charge in [0.15, 0.2) is 11.6 Å². The molecule has 0 aliphatic carbocycles. The summed E-state index contributed by atoms with van der Waals surface area (Å²) in [6.45, 7) is 14.9. The molecular weight excluding hydrogens is 522 g/mol. The zero-order valence-corrected chi connectivity index (χ0v) is 23.1. The number of carbonyl (C=O) groups is 4. The fourth-order valence-corrected chi connectivity index (χ4v) is 3.14. The maximum Gasteiger partial charge on any atom is 0.435 e. The highest BCUT2D eigenvalue weighted by atomic mass is 79.9. The van der Waals surface area contributed by atoms with Gasteiger partial charge in [-0.15, -0.1) is 5.10 Å². The van der Waals surface area contributed by atoms with Crippen molar-refractivity contribution in [1.29, 1.82) is 0 Å². The predicted octanol–water partition coefficient (Wildman–Crippen LogP) is 6.07. The molecule has 35 heavy (non-hydrogen) atoms. The van der Waals surface area contributed by atoms with Crippen LogP contribution in [0.15, 0.2) is 18.2 Å². The molecule has 0 fully saturated rings. The molecule has 0 unspecified atom stereocenters. The Morgan fingerprint density at radius 1 is 0.857 bits per heavy atom. The Kier molecular flexibility index (Phi) is 8.05. The SMILES string of the molecule is CC(C)(C)OC(=O)N(C(=O)OC(C)(C)C)c1nn(C(=O)OC(C)(C)C)c2cc(C(=O)CBr)ccc12. The lowest BCUT2D eigenvalue weighted by Crippen LogP contribution is -2.44. The molecule has 0 atom stereocenters. The second-order valence-corrected chi connectivity index (χ2v) is 11.4. The molecule has 1 aromatic carbocycles. The molecule has 2 amide bonds. The Hall–Kier alpha value is -2.95. The maximum absolute atomic E-state index is 13.1. The second kappa shape index (κ2) is 9.96. The van der Waals surface area contributed by atoms with Crippen LogP contribution in [0.25, 0.3) is 10.9 Å². The van der Waals surface area contributed by atoms with Gasteiger partial charge in [0.25, 0.3) is 0 Å². The molecule has 10 nitrogen and oxygen atoms in total. The molecule has 0 bridgehead atoms. The number of hydrogen-bond acceptors (Lipinski definition) is 8. The van der Waals surface area contributed by atoms with Crippen molar-refractivity contribution in [2.75, 3.05) is 10.2 Å². The summed E-state index contributed by atoms with van der Waals surface area (Å²) in [6, 6.07) is 4.46. The van der Waals surface area contributed by atoms with E-state index >= 15 is 0 Å². The number of benzene rings is 1. The van der Waals surface area contributed by atoms with Gasteiger partial charge in [0.2, 0.25) is 0 Å². The van der Waals surface area contributed by atoms with Crippen LogP contribution < -0.4 is 4.90 Å². The Morgan fingerprint density at radius 3 is 1.77 bits per heavy atom. The number of Topliss-reactive ketones (excluding diaryl/α,β-unsaturated/α-hetero) is 1. The number of aromatic nitrogens is 2. The number of fused-ring (bicyclic) bond motifs is 1. The van der Waals surface area contributed by atoms with Gasteiger partial charge in [0, 0.05) is 10.9 Å². The number of hydrogen-bond donors (Lipinski definition) is 0. The first-order valence-electron chi connectivity index (χ1n) is 10.9. The summed E-state index contributed by atoms with van der Waals surface area (Å²) < 4.78 is 17.2. The number of imide groups is 1. The number of nitrogens with zero attached hydrogens (tertiary/aromatic N) is 3. The summed E-state index contributed by atoms with van der Waals surface area (Å²) >= 11 is 3.13. The van der Waals surface area contributed by atoms with E-state index in [4.69, 9.17) is 14.2 Å². The first-order valence-corrected chi connectivity index (χ1v) is 12.1. The largest absolute Gasteiger partial charge is 0.443 e. The van der Waals surface area contributed by atoms with Gasteiger partial charge in [0.1, 0.15) is 16.8 Å². The zero-order chi connectivity index (χ0) is 26.9. The van der Waals surface area contributed by atoms with Gasteiger partial charge in [-0.2, -0.15) is 9.58 Å². The summed E-state index contributed by atoms with van der Waals surface area (Å²) in [5.41, 5.74) is -2.26. The first-order chi connectivity index (χ1) is 15.8. The Balaban J connectivity index is 2.79. The van der Waals surface area contributed by atoms with Crippen molar-refractivity contribution in [2.45, 2.75) is 79.1 Å². The van der Waals surface area contributed by atoms with Crippen molar-refractivity contribution in [3.8, 4) is 0 Å². The van der Waals surface area contributed by atoms with Crippen LogP contribution in [0.4, 0.5) is 20.2 Å². The third-order valence-corrected chi connectivity index (χ3v) is 4.54. The Labute approximate surface area is 213 Å². The number of rotatable bonds is 3. The quantitative estimate of drug-likeness (QED) is 0.255. The van der Waals surface area contributed by atoms with Crippen LogP contribution in [-0.2, 0) is 14.2 Å². The molecule has 2 rings (SSSR count). The highest BCUT2D eigenvalue weighted by Gasteiger charge is 2.37. The van der Waals surface area contributed by atoms with E-state index in [9.17, 15) is 19.2 Å². The monoisotopic (exact) mass is 553 g/mol. The van der Waals surface area contributed by atoms with Gasteiger partial charge in [0.05, 0.1) is 10.8 Å². The molecular formula is C24H32BrN3O7. The second-order valence-electron chi connectivity index (χ2n) is 10.8. The van der Waals surface area contributed by atoms with E-state index < -0.39 is 35.1 Å². The molecule has 11 heteroatoms. The number of amides is 2. The van der Waals surface area contributed by atoms with E-state index in [1.165, 1.54) is 18.2 Å². The van der Waals surface area contributed by atoms with Gasteiger partial charge in [-0.05, 0) is 74.4 Å². The van der Waals surface area contributed by atoms with Gasteiger partial charge >= 0.3 is 18.3 Å². The number of carbonyl (C=O) groups excluding carboxylic acids is 4. The lowest BCUT2D eigenvalue weighted by Gasteiger charge is -2.27. The van der Waals surface area contributed by atoms with Crippen LogP contribution in [-0.4, -0.2) is 56.0 Å². The van der Waals surface area contributed by atoms with Crippen LogP contribution in [0.5, 0.6) is 0 Å². The molecule has 1 aromatic heterocycles. The minimum absolute atomic E-state index is 0.0634. The van der Waals surface area contributed by atoms with E-state index in [1.54, 1.807) is 62.3 Å². The zero-order valence-electron chi connectivity index (χ0n) is 21.5. The van der Waals surface area contributed by atoms with Crippen molar-refractivity contribution in [2.24, 2.45) is 0 Å². The minimum Gasteiger partial charge on any atom is -0.443 e. The normalized spacial score (nSPS) is 12.3. The minimum atomic E-state index is -1.04. The van der Waals surface area contributed by atoms with Crippen molar-refractivity contribution in [3.63, 3.8) is 0 Å². The number of halogens is 1. The van der Waals surface area contributed by atoms with Crippen LogP contribution in [0.3, 0.4) is 0 Å². The van der Waals surface area contributed by atoms with E-state index in [2.05, 4.69) is 21.0 Å². The van der Waals surface area contributed by atoms with Gasteiger partial charge in [-0.1, -0.05) is 22.0 Å². The summed E-state index contributed by atoms with van der Waals surface area (Å²) in [4.78, 5) is 52.2. The van der Waals surface area contributed by atoms with Crippen molar-refractivity contribution in [3.05, 3.63) is 23.8 Å². The summed E-state index contributed by atoms with van der Waals surface area (Å²) in [5, 5.41) is 4.54. The predicted molar refractivity (Wildman–Crippen MR) is 134 cm³/mol. The fraction of sp³-hybridized carbons (Fsp3) is 0.542. The molecule has 0 aliphatic rings. The highest BCUT2D eigenvalue weighted by Crippen LogP contribution is 2.31. The third-order valence-electron chi connectivity index (χ3n) is 4.04. The molecule has 0 saturated carbocycles. The Morgan fingerprint density at radius 2 is 1.34 bits per heavy atom. The molecule has 192 valence electrons. The summed E-state index contributed by atoms with van der Waals surface area (Å²) in [6.07, 6.45) is -2.93. The number of alkyl halides is 1. The third kappa shape index (κ3) is 7.51. The molecule has 0 saturated heterocycles. The maximum atomic E-state index is 13.1. The topological polar surface area (TPSA) is 117 Å². The van der Waals surface area contributed by atoms with E-state index in [0.717, 1.165) is 4.68 Å². The number of ketones is 1. The highest BCUT2D eigenvalue weighted by molar-refractivity contribution is 9.09. The van der Waals surface area contributed by atoms with Gasteiger partial charge in [-0.3, -0.25) is 4.79 Å². The molecule has 0 radical (unpaired) electrons. The standard InChI is InChI=1S/C24H32BrN3O7/c1-22(2,3)33-19(30)27(20(31)34-23(4,5)6)18-15-11-10-14(17(29)13-25)12-16(15)28(26-18)21(32)35-24(7,8)9/h10-12H,13H2,1-9H3. The van der Waals surface area contributed by atoms with E-state index in [0.29, 0.717) is 10.5 Å². The first kappa shape index (κ1) is 28.3. The van der Waals surface area contributed by atoms with Crippen LogP contribution >= 0.6 is 15.9 Å². The number of ether oxygens (including phenoxy) is 3. The molecule has 0 spiro atoms. The van der Waals surface area contributed by atoms with Gasteiger partial charge < -0.3 is 14.2 Å². The Bertz CT molecular complexity index is 1120. The van der Waals surface area contributed by atoms with E-state index in [-0.39, 0.29) is 27.8 Å². The molecule has 0 aliphatic heterocycles. The summed E-state index contributed by atoms with van der Waals surface area (Å²) in [7, 11) is 0. The molecule has 2 aromatic rings. The van der Waals surface area contributed by atoms with Crippen molar-refractivity contribution < 1.29 is 33.4 Å².